The molecule has 1 aliphatic rings. The van der Waals surface area contributed by atoms with E-state index in [1.165, 1.54) is 322 Å². The molecule has 0 spiro atoms. The minimum atomic E-state index is 0.0240. The minimum Gasteiger partial charge on any atom is -0.289 e. The second-order valence-corrected chi connectivity index (χ2v) is 45.6. The van der Waals surface area contributed by atoms with Crippen LogP contribution in [0.3, 0.4) is 0 Å². The highest BCUT2D eigenvalue weighted by molar-refractivity contribution is 7.31. The number of hydrogen-bond donors (Lipinski definition) is 0. The van der Waals surface area contributed by atoms with Gasteiger partial charge in [-0.2, -0.15) is 8.75 Å². The number of carbonyl (C=O) groups is 2. The van der Waals surface area contributed by atoms with Crippen LogP contribution in [0.4, 0.5) is 0 Å². The van der Waals surface area contributed by atoms with E-state index in [2.05, 4.69) is 191 Å². The molecule has 0 saturated carbocycles. The van der Waals surface area contributed by atoms with Crippen LogP contribution >= 0.6 is 114 Å². The maximum atomic E-state index is 15.8. The maximum Gasteiger partial charge on any atom is 0.196 e. The minimum absolute atomic E-state index is 0.0240. The molecule has 626 valence electrons. The number of fused-ring (bicyclic) bond motifs is 7. The van der Waals surface area contributed by atoms with Crippen LogP contribution in [-0.2, 0) is 38.5 Å². The lowest BCUT2D eigenvalue weighted by Gasteiger charge is -2.24. The van der Waals surface area contributed by atoms with Gasteiger partial charge in [-0.05, 0) is 205 Å². The number of carbonyl (C=O) groups excluding carboxylic acids is 2. The first kappa shape index (κ1) is 84.3. The van der Waals surface area contributed by atoms with Gasteiger partial charge in [-0.1, -0.05) is 244 Å². The van der Waals surface area contributed by atoms with Crippen LogP contribution in [0.25, 0.3) is 164 Å². The zero-order chi connectivity index (χ0) is 83.6. The molecule has 19 rings (SSSR count). The molecule has 2 atom stereocenters. The zero-order valence-electron chi connectivity index (χ0n) is 72.7. The van der Waals surface area contributed by atoms with Crippen molar-refractivity contribution in [3.8, 4) is 69.7 Å². The number of hydrogen-bond acceptors (Lipinski definition) is 14. The fourth-order valence-corrected chi connectivity index (χ4v) is 32.7. The monoisotopic (exact) mass is 1790 g/mol. The van der Waals surface area contributed by atoms with Crippen molar-refractivity contribution in [1.29, 1.82) is 0 Å². The summed E-state index contributed by atoms with van der Waals surface area (Å²) < 4.78 is 16.0. The van der Waals surface area contributed by atoms with Gasteiger partial charge in [0.15, 0.2) is 11.6 Å². The topological polar surface area (TPSA) is 59.9 Å². The van der Waals surface area contributed by atoms with Crippen LogP contribution in [0.2, 0.25) is 0 Å². The van der Waals surface area contributed by atoms with Gasteiger partial charge in [0.2, 0.25) is 0 Å². The van der Waals surface area contributed by atoms with E-state index in [-0.39, 0.29) is 11.6 Å². The highest BCUT2D eigenvalue weighted by Gasteiger charge is 2.39. The number of nitrogens with zero attached hydrogens (tertiary/aromatic N) is 2. The van der Waals surface area contributed by atoms with Gasteiger partial charge < -0.3 is 0 Å². The number of aromatic nitrogens is 2. The predicted octanol–water partition coefficient (Wildman–Crippen LogP) is 37.4. The van der Waals surface area contributed by atoms with E-state index >= 15 is 9.59 Å². The van der Waals surface area contributed by atoms with E-state index in [4.69, 9.17) is 8.75 Å². The average Bonchev–Trinajstić information content (AvgIpc) is 1.54. The van der Waals surface area contributed by atoms with Gasteiger partial charge in [0.1, 0.15) is 11.0 Å². The Morgan fingerprint density at radius 1 is 0.295 bits per heavy atom. The summed E-state index contributed by atoms with van der Waals surface area (Å²) in [5.41, 5.74) is 15.2. The quantitative estimate of drug-likeness (QED) is 0.0285. The van der Waals surface area contributed by atoms with Gasteiger partial charge in [0, 0.05) is 134 Å². The summed E-state index contributed by atoms with van der Waals surface area (Å²) in [6.45, 7) is 22.9. The SMILES string of the molecule is CCCCCCc1cc(C)sc1-c1sc2cccc3c4c(-c5sc(-c6ccc(-c7cc(CCCCCC)c(-c8sc9cccc%10c%11c(-c%12sc(-c%13sc(C)c%14c%13C(=O)c%13cc(CC(CC)CCCC)c(CC(CC)CCCC)cc%13C%14=O)cc%12CCCCCC)sc%12cccc(c8c9%10)c%12%11)s7)c7nsnc67)cc5CCCCCC)sc5cccc(c1c23)c54. The lowest BCUT2D eigenvalue weighted by molar-refractivity contribution is 0.0980. The van der Waals surface area contributed by atoms with E-state index in [0.717, 1.165) is 89.9 Å². The van der Waals surface area contributed by atoms with Crippen molar-refractivity contribution in [2.24, 2.45) is 11.8 Å². The maximum absolute atomic E-state index is 15.8. The Kier molecular flexibility index (Phi) is 25.3. The van der Waals surface area contributed by atoms with Crippen molar-refractivity contribution in [2.75, 3.05) is 0 Å². The summed E-state index contributed by atoms with van der Waals surface area (Å²) in [5, 5.41) is 16.6. The Hall–Kier alpha value is -7.18. The molecule has 18 aromatic rings. The third-order valence-electron chi connectivity index (χ3n) is 27.0. The number of benzene rings is 8. The van der Waals surface area contributed by atoms with Crippen molar-refractivity contribution in [3.63, 3.8) is 0 Å². The Morgan fingerprint density at radius 3 is 1.01 bits per heavy atom. The van der Waals surface area contributed by atoms with Crippen LogP contribution < -0.4 is 0 Å². The van der Waals surface area contributed by atoms with E-state index in [0.29, 0.717) is 34.1 Å². The standard InChI is InChI=1S/C108H112N2O2S10/c1-11-19-25-29-39-65-53-61(9)113-100(65)105-91-73-43-33-48-80-88(73)92(74-44-34-47-79(115-105)87(74)91)106(116-80)101-66(40-30-26-20-12-2)58-83(119-101)71-51-52-72(97-96(71)109-122-110-97)84-59-67(41-31-27-21-13-3)102(120-84)107-93-75-45-35-50-82-90(75)94(76-46-36-49-81(117-107)89(76)93)108(118-82)103-68(42-32-28-22-14-4)60-85(121-103)104-95-86(62(10)114-104)98(111)77-56-69(54-63(17-7)37-23-15-5)70(57-78(77)99(95)112)55-64(18-8)38-24-16-6/h33-36,43-53,56-60,63-64H,11-32,37-42,54-55H2,1-10H3. The van der Waals surface area contributed by atoms with Gasteiger partial charge in [-0.25, -0.2) is 0 Å². The molecule has 122 heavy (non-hydrogen) atoms. The molecule has 2 unspecified atom stereocenters. The van der Waals surface area contributed by atoms with E-state index in [1.807, 2.05) is 90.7 Å². The van der Waals surface area contributed by atoms with Crippen LogP contribution in [0.1, 0.15) is 284 Å². The first-order valence-electron chi connectivity index (χ1n) is 46.2. The van der Waals surface area contributed by atoms with Crippen molar-refractivity contribution >= 4 is 220 Å². The molecular weight excluding hydrogens is 1680 g/mol. The normalized spacial score (nSPS) is 13.3. The fraction of sp³-hybridized carbons (Fsp3) is 0.389. The third-order valence-corrected chi connectivity index (χ3v) is 38.7. The Morgan fingerprint density at radius 2 is 0.639 bits per heavy atom. The molecule has 1 aliphatic carbocycles. The van der Waals surface area contributed by atoms with Gasteiger partial charge in [0.05, 0.1) is 41.7 Å². The Bertz CT molecular complexity index is 6890. The van der Waals surface area contributed by atoms with E-state index < -0.39 is 0 Å². The molecule has 0 bridgehead atoms. The highest BCUT2D eigenvalue weighted by atomic mass is 32.1. The second-order valence-electron chi connectivity index (χ2n) is 35.2. The van der Waals surface area contributed by atoms with Crippen LogP contribution in [-0.4, -0.2) is 20.3 Å². The lowest BCUT2D eigenvalue weighted by atomic mass is 9.78. The number of thiophene rings is 9. The zero-order valence-corrected chi connectivity index (χ0v) is 80.9. The highest BCUT2D eigenvalue weighted by Crippen LogP contribution is 2.61. The summed E-state index contributed by atoms with van der Waals surface area (Å²) in [5.74, 6) is 1.14. The molecule has 0 amide bonds. The van der Waals surface area contributed by atoms with Crippen molar-refractivity contribution in [2.45, 2.75) is 262 Å². The van der Waals surface area contributed by atoms with Crippen molar-refractivity contribution < 1.29 is 9.59 Å². The largest absolute Gasteiger partial charge is 0.289 e. The summed E-state index contributed by atoms with van der Waals surface area (Å²) in [7, 11) is 0. The molecule has 0 aliphatic heterocycles. The fourth-order valence-electron chi connectivity index (χ4n) is 20.5. The number of rotatable bonds is 39. The molecule has 10 aromatic heterocycles. The van der Waals surface area contributed by atoms with Gasteiger partial charge in [0.25, 0.3) is 0 Å². The van der Waals surface area contributed by atoms with Gasteiger partial charge >= 0.3 is 0 Å². The molecule has 4 nitrogen and oxygen atoms in total. The molecule has 0 fully saturated rings. The molecule has 0 saturated heterocycles. The number of aryl methyl sites for hydroxylation is 6. The summed E-state index contributed by atoms with van der Waals surface area (Å²) in [6, 6.07) is 47.8. The molecule has 0 radical (unpaired) electrons. The smallest absolute Gasteiger partial charge is 0.196 e. The molecule has 0 N–H and O–H groups in total. The second kappa shape index (κ2) is 36.6. The van der Waals surface area contributed by atoms with Gasteiger partial charge in [-0.3, -0.25) is 9.59 Å². The van der Waals surface area contributed by atoms with Gasteiger partial charge in [-0.15, -0.1) is 102 Å². The van der Waals surface area contributed by atoms with Crippen LogP contribution in [0.15, 0.2) is 121 Å². The average molecular weight is 1790 g/mol. The Labute approximate surface area is 760 Å². The van der Waals surface area contributed by atoms with Crippen LogP contribution in [0.5, 0.6) is 0 Å². The van der Waals surface area contributed by atoms with Crippen molar-refractivity contribution in [1.82, 2.24) is 8.75 Å². The van der Waals surface area contributed by atoms with Crippen LogP contribution in [0, 0.1) is 25.7 Å². The first-order valence-corrected chi connectivity index (χ1v) is 54.3. The summed E-state index contributed by atoms with van der Waals surface area (Å²) in [6.07, 6.45) is 34.8. The predicted molar refractivity (Wildman–Crippen MR) is 547 cm³/mol. The van der Waals surface area contributed by atoms with E-state index in [1.54, 1.807) is 11.3 Å². The van der Waals surface area contributed by atoms with Crippen molar-refractivity contribution in [3.05, 3.63) is 187 Å². The summed E-state index contributed by atoms with van der Waals surface area (Å²) >= 11 is 18.8. The molecule has 10 heterocycles. The first-order chi connectivity index (χ1) is 59.8. The lowest BCUT2D eigenvalue weighted by Crippen LogP contribution is -2.22. The molecular formula is C108H112N2O2S10. The Balaban J connectivity index is 0.707. The van der Waals surface area contributed by atoms with E-state index in [9.17, 15) is 0 Å². The number of unbranched alkanes of at least 4 members (excludes halogenated alkanes) is 14. The molecule has 8 aromatic carbocycles. The number of ketones is 2. The summed E-state index contributed by atoms with van der Waals surface area (Å²) in [4.78, 5) is 49.4. The third kappa shape index (κ3) is 15.3. The molecule has 14 heteroatoms.